The molecule has 3 nitrogen and oxygen atoms in total. The second-order valence-electron chi connectivity index (χ2n) is 4.99. The van der Waals surface area contributed by atoms with Crippen molar-refractivity contribution in [1.82, 2.24) is 4.90 Å². The number of benzene rings is 1. The number of rotatable bonds is 2. The van der Waals surface area contributed by atoms with E-state index >= 15 is 0 Å². The first-order valence-corrected chi connectivity index (χ1v) is 6.96. The Morgan fingerprint density at radius 1 is 1.10 bits per heavy atom. The summed E-state index contributed by atoms with van der Waals surface area (Å²) in [6.45, 7) is 10.1. The maximum absolute atomic E-state index is 4.21. The molecule has 0 fully saturated rings. The number of nitrogens with zero attached hydrogens (tertiary/aromatic N) is 3. The molecule has 1 aromatic rings. The summed E-state index contributed by atoms with van der Waals surface area (Å²) >= 11 is 0. The van der Waals surface area contributed by atoms with Gasteiger partial charge < -0.3 is 9.80 Å². The number of para-hydroxylation sites is 2. The number of anilines is 2. The number of hydrogen-bond donors (Lipinski definition) is 0. The van der Waals surface area contributed by atoms with Crippen molar-refractivity contribution >= 4 is 11.4 Å². The van der Waals surface area contributed by atoms with Crippen molar-refractivity contribution in [2.24, 2.45) is 0 Å². The molecule has 0 bridgehead atoms. The Morgan fingerprint density at radius 3 is 2.48 bits per heavy atom. The van der Waals surface area contributed by atoms with Crippen LogP contribution in [0.5, 0.6) is 0 Å². The van der Waals surface area contributed by atoms with Gasteiger partial charge in [0.15, 0.2) is 0 Å². The summed E-state index contributed by atoms with van der Waals surface area (Å²) in [5.74, 6) is 0.944. The van der Waals surface area contributed by atoms with E-state index in [9.17, 15) is 0 Å². The molecule has 0 radical (unpaired) electrons. The van der Waals surface area contributed by atoms with Gasteiger partial charge >= 0.3 is 0 Å². The van der Waals surface area contributed by atoms with Crippen molar-refractivity contribution in [3.63, 3.8) is 0 Å². The van der Waals surface area contributed by atoms with E-state index in [4.69, 9.17) is 0 Å². The van der Waals surface area contributed by atoms with Crippen LogP contribution in [0.25, 0.3) is 0 Å². The van der Waals surface area contributed by atoms with E-state index in [0.717, 1.165) is 22.9 Å². The van der Waals surface area contributed by atoms with Gasteiger partial charge in [-0.15, -0.1) is 0 Å². The van der Waals surface area contributed by atoms with Crippen molar-refractivity contribution in [1.29, 1.82) is 0 Å². The Balaban J connectivity index is 2.06. The molecule has 0 spiro atoms. The monoisotopic (exact) mass is 277 g/mol. The SMILES string of the molecule is C=CN1C=C(N2C(=C)N(C)c3ccccc32)C=C/C1=C/C. The van der Waals surface area contributed by atoms with Gasteiger partial charge in [-0.2, -0.15) is 0 Å². The van der Waals surface area contributed by atoms with Crippen LogP contribution in [0.15, 0.2) is 85.3 Å². The lowest BCUT2D eigenvalue weighted by Crippen LogP contribution is -2.26. The summed E-state index contributed by atoms with van der Waals surface area (Å²) in [5.41, 5.74) is 4.50. The Hall–Kier alpha value is -2.68. The van der Waals surface area contributed by atoms with Crippen LogP contribution in [0.1, 0.15) is 6.92 Å². The third-order valence-electron chi connectivity index (χ3n) is 3.87. The molecule has 2 aliphatic heterocycles. The molecule has 2 aliphatic rings. The van der Waals surface area contributed by atoms with E-state index in [-0.39, 0.29) is 0 Å². The van der Waals surface area contributed by atoms with E-state index in [1.165, 1.54) is 5.69 Å². The average Bonchev–Trinajstić information content (AvgIpc) is 2.78. The minimum absolute atomic E-state index is 0.944. The molecule has 21 heavy (non-hydrogen) atoms. The van der Waals surface area contributed by atoms with Crippen LogP contribution in [0.2, 0.25) is 0 Å². The number of hydrogen-bond acceptors (Lipinski definition) is 3. The van der Waals surface area contributed by atoms with Gasteiger partial charge in [-0.3, -0.25) is 4.90 Å². The zero-order valence-corrected chi connectivity index (χ0v) is 12.5. The Bertz CT molecular complexity index is 694. The first-order valence-electron chi connectivity index (χ1n) is 6.96. The van der Waals surface area contributed by atoms with E-state index in [0.29, 0.717) is 0 Å². The fraction of sp³-hybridized carbons (Fsp3) is 0.111. The molecule has 0 saturated carbocycles. The molecular formula is C18H19N3. The van der Waals surface area contributed by atoms with Crippen molar-refractivity contribution in [3.8, 4) is 0 Å². The quantitative estimate of drug-likeness (QED) is 0.803. The van der Waals surface area contributed by atoms with Crippen LogP contribution in [0.3, 0.4) is 0 Å². The van der Waals surface area contributed by atoms with E-state index < -0.39 is 0 Å². The molecule has 0 N–H and O–H groups in total. The Morgan fingerprint density at radius 2 is 1.81 bits per heavy atom. The summed E-state index contributed by atoms with van der Waals surface area (Å²) in [6, 6.07) is 8.32. The molecule has 1 aromatic carbocycles. The molecule has 3 rings (SSSR count). The van der Waals surface area contributed by atoms with Gasteiger partial charge in [0.25, 0.3) is 0 Å². The topological polar surface area (TPSA) is 9.72 Å². The molecule has 2 heterocycles. The van der Waals surface area contributed by atoms with Crippen LogP contribution in [0.4, 0.5) is 11.4 Å². The lowest BCUT2D eigenvalue weighted by Gasteiger charge is -2.28. The largest absolute Gasteiger partial charge is 0.329 e. The smallest absolute Gasteiger partial charge is 0.110 e. The maximum atomic E-state index is 4.21. The third-order valence-corrected chi connectivity index (χ3v) is 3.87. The van der Waals surface area contributed by atoms with Crippen LogP contribution >= 0.6 is 0 Å². The van der Waals surface area contributed by atoms with Crippen molar-refractivity contribution < 1.29 is 0 Å². The first-order chi connectivity index (χ1) is 10.2. The van der Waals surface area contributed by atoms with Gasteiger partial charge in [0.1, 0.15) is 5.82 Å². The highest BCUT2D eigenvalue weighted by Crippen LogP contribution is 2.42. The molecule has 0 amide bonds. The van der Waals surface area contributed by atoms with E-state index in [2.05, 4.69) is 59.5 Å². The van der Waals surface area contributed by atoms with Crippen LogP contribution in [-0.2, 0) is 0 Å². The number of fused-ring (bicyclic) bond motifs is 1. The van der Waals surface area contributed by atoms with E-state index in [1.54, 1.807) is 0 Å². The highest BCUT2D eigenvalue weighted by Gasteiger charge is 2.29. The molecule has 0 saturated heterocycles. The summed E-state index contributed by atoms with van der Waals surface area (Å²) in [4.78, 5) is 6.28. The third kappa shape index (κ3) is 1.98. The molecule has 3 heteroatoms. The minimum Gasteiger partial charge on any atom is -0.329 e. The van der Waals surface area contributed by atoms with Crippen molar-refractivity contribution in [3.05, 3.63) is 85.3 Å². The molecule has 0 atom stereocenters. The fourth-order valence-corrected chi connectivity index (χ4v) is 2.71. The van der Waals surface area contributed by atoms with Crippen LogP contribution in [-0.4, -0.2) is 11.9 Å². The summed E-state index contributed by atoms with van der Waals surface area (Å²) in [6.07, 6.45) is 10.1. The van der Waals surface area contributed by atoms with E-state index in [1.807, 2.05) is 37.2 Å². The Labute approximate surface area is 126 Å². The molecule has 0 aromatic heterocycles. The second kappa shape index (κ2) is 5.02. The zero-order chi connectivity index (χ0) is 15.0. The number of allylic oxidation sites excluding steroid dienone is 3. The van der Waals surface area contributed by atoms with Crippen LogP contribution < -0.4 is 9.80 Å². The summed E-state index contributed by atoms with van der Waals surface area (Å²) < 4.78 is 0. The van der Waals surface area contributed by atoms with Gasteiger partial charge in [-0.05, 0) is 31.2 Å². The lowest BCUT2D eigenvalue weighted by molar-refractivity contribution is 0.636. The Kier molecular flexibility index (Phi) is 3.18. The predicted molar refractivity (Wildman–Crippen MR) is 89.5 cm³/mol. The first kappa shape index (κ1) is 13.3. The van der Waals surface area contributed by atoms with Crippen molar-refractivity contribution in [2.75, 3.05) is 16.8 Å². The standard InChI is InChI=1S/C18H19N3/c1-5-15-11-12-16(13-20(15)6-2)21-14(3)19(4)17-9-7-8-10-18(17)21/h5-13H,2-3H2,1,4H3/b15-5-. The molecular weight excluding hydrogens is 258 g/mol. The highest BCUT2D eigenvalue weighted by atomic mass is 15.4. The van der Waals surface area contributed by atoms with Gasteiger partial charge in [0, 0.05) is 25.1 Å². The van der Waals surface area contributed by atoms with Crippen molar-refractivity contribution in [2.45, 2.75) is 6.92 Å². The zero-order valence-electron chi connectivity index (χ0n) is 12.5. The van der Waals surface area contributed by atoms with Gasteiger partial charge in [0.05, 0.1) is 17.1 Å². The molecule has 106 valence electrons. The predicted octanol–water partition coefficient (Wildman–Crippen LogP) is 4.17. The van der Waals surface area contributed by atoms with Gasteiger partial charge in [-0.1, -0.05) is 31.4 Å². The second-order valence-corrected chi connectivity index (χ2v) is 4.99. The summed E-state index contributed by atoms with van der Waals surface area (Å²) in [5, 5.41) is 0. The minimum atomic E-state index is 0.944. The van der Waals surface area contributed by atoms with Crippen LogP contribution in [0, 0.1) is 0 Å². The fourth-order valence-electron chi connectivity index (χ4n) is 2.71. The summed E-state index contributed by atoms with van der Waals surface area (Å²) in [7, 11) is 2.04. The molecule has 0 aliphatic carbocycles. The maximum Gasteiger partial charge on any atom is 0.110 e. The van der Waals surface area contributed by atoms with Gasteiger partial charge in [-0.25, -0.2) is 0 Å². The average molecular weight is 277 g/mol. The highest BCUT2D eigenvalue weighted by molar-refractivity contribution is 5.85. The molecule has 0 unspecified atom stereocenters. The van der Waals surface area contributed by atoms with Gasteiger partial charge in [0.2, 0.25) is 0 Å². The lowest BCUT2D eigenvalue weighted by atomic mass is 10.2. The normalized spacial score (nSPS) is 19.1.